The predicted octanol–water partition coefficient (Wildman–Crippen LogP) is 3.26. The van der Waals surface area contributed by atoms with Gasteiger partial charge in [-0.15, -0.1) is 0 Å². The van der Waals surface area contributed by atoms with Gasteiger partial charge in [0, 0.05) is 28.3 Å². The summed E-state index contributed by atoms with van der Waals surface area (Å²) in [7, 11) is 0. The van der Waals surface area contributed by atoms with Crippen molar-refractivity contribution in [2.75, 3.05) is 0 Å². The Bertz CT molecular complexity index is 562. The van der Waals surface area contributed by atoms with Gasteiger partial charge < -0.3 is 5.32 Å². The average Bonchev–Trinajstić information content (AvgIpc) is 2.93. The SMILES string of the molecule is Cc1[nH]ncc1CNC1CCc2ccc(Br)cc21. The van der Waals surface area contributed by atoms with E-state index < -0.39 is 0 Å². The molecule has 2 aromatic rings. The molecule has 0 saturated heterocycles. The van der Waals surface area contributed by atoms with E-state index in [9.17, 15) is 0 Å². The summed E-state index contributed by atoms with van der Waals surface area (Å²) in [5.74, 6) is 0. The number of hydrogen-bond acceptors (Lipinski definition) is 2. The third-order valence-electron chi connectivity index (χ3n) is 3.66. The maximum absolute atomic E-state index is 4.05. The summed E-state index contributed by atoms with van der Waals surface area (Å²) in [6, 6.07) is 7.06. The van der Waals surface area contributed by atoms with Gasteiger partial charge in [-0.2, -0.15) is 5.10 Å². The quantitative estimate of drug-likeness (QED) is 0.914. The topological polar surface area (TPSA) is 40.7 Å². The van der Waals surface area contributed by atoms with Crippen molar-refractivity contribution in [3.8, 4) is 0 Å². The molecule has 0 spiro atoms. The van der Waals surface area contributed by atoms with Crippen LogP contribution >= 0.6 is 15.9 Å². The molecule has 1 unspecified atom stereocenters. The first-order valence-electron chi connectivity index (χ1n) is 6.24. The molecule has 1 aromatic carbocycles. The van der Waals surface area contributed by atoms with Crippen LogP contribution in [0.4, 0.5) is 0 Å². The second-order valence-corrected chi connectivity index (χ2v) is 5.75. The number of rotatable bonds is 3. The number of aryl methyl sites for hydroxylation is 2. The highest BCUT2D eigenvalue weighted by Crippen LogP contribution is 2.33. The zero-order chi connectivity index (χ0) is 12.5. The normalized spacial score (nSPS) is 18.0. The number of aromatic nitrogens is 2. The number of fused-ring (bicyclic) bond motifs is 1. The van der Waals surface area contributed by atoms with Gasteiger partial charge >= 0.3 is 0 Å². The molecule has 1 heterocycles. The summed E-state index contributed by atoms with van der Waals surface area (Å²) in [6.07, 6.45) is 4.26. The van der Waals surface area contributed by atoms with Crippen LogP contribution < -0.4 is 5.32 Å². The minimum atomic E-state index is 0.465. The van der Waals surface area contributed by atoms with Gasteiger partial charge in [-0.1, -0.05) is 22.0 Å². The zero-order valence-electron chi connectivity index (χ0n) is 10.3. The highest BCUT2D eigenvalue weighted by molar-refractivity contribution is 9.10. The Kier molecular flexibility index (Phi) is 3.22. The van der Waals surface area contributed by atoms with Crippen LogP contribution in [0.25, 0.3) is 0 Å². The number of aromatic amines is 1. The number of H-pyrrole nitrogens is 1. The molecule has 18 heavy (non-hydrogen) atoms. The Morgan fingerprint density at radius 3 is 3.17 bits per heavy atom. The lowest BCUT2D eigenvalue weighted by Gasteiger charge is -2.14. The molecular weight excluding hydrogens is 290 g/mol. The fourth-order valence-corrected chi connectivity index (χ4v) is 2.95. The van der Waals surface area contributed by atoms with Crippen molar-refractivity contribution in [1.29, 1.82) is 0 Å². The molecule has 0 aliphatic heterocycles. The van der Waals surface area contributed by atoms with E-state index in [0.29, 0.717) is 6.04 Å². The van der Waals surface area contributed by atoms with Crippen molar-refractivity contribution < 1.29 is 0 Å². The number of benzene rings is 1. The monoisotopic (exact) mass is 305 g/mol. The molecular formula is C14H16BrN3. The average molecular weight is 306 g/mol. The Balaban J connectivity index is 1.73. The standard InChI is InChI=1S/C14H16BrN3/c1-9-11(8-17-18-9)7-16-14-5-3-10-2-4-12(15)6-13(10)14/h2,4,6,8,14,16H,3,5,7H2,1H3,(H,17,18). The van der Waals surface area contributed by atoms with Gasteiger partial charge in [0.25, 0.3) is 0 Å². The first-order valence-corrected chi connectivity index (χ1v) is 7.04. The van der Waals surface area contributed by atoms with E-state index in [1.165, 1.54) is 29.5 Å². The van der Waals surface area contributed by atoms with Crippen LogP contribution in [0.2, 0.25) is 0 Å². The molecule has 0 radical (unpaired) electrons. The smallest absolute Gasteiger partial charge is 0.0535 e. The van der Waals surface area contributed by atoms with E-state index in [-0.39, 0.29) is 0 Å². The second kappa shape index (κ2) is 4.86. The molecule has 1 atom stereocenters. The minimum absolute atomic E-state index is 0.465. The molecule has 0 saturated carbocycles. The fourth-order valence-electron chi connectivity index (χ4n) is 2.57. The molecule has 94 valence electrons. The predicted molar refractivity (Wildman–Crippen MR) is 75.4 cm³/mol. The second-order valence-electron chi connectivity index (χ2n) is 4.84. The summed E-state index contributed by atoms with van der Waals surface area (Å²) in [6.45, 7) is 2.93. The van der Waals surface area contributed by atoms with Crippen LogP contribution in [0, 0.1) is 6.92 Å². The minimum Gasteiger partial charge on any atom is -0.306 e. The first kappa shape index (κ1) is 11.9. The number of halogens is 1. The van der Waals surface area contributed by atoms with Gasteiger partial charge in [0.05, 0.1) is 6.20 Å². The van der Waals surface area contributed by atoms with E-state index in [1.807, 2.05) is 6.20 Å². The summed E-state index contributed by atoms with van der Waals surface area (Å²) >= 11 is 3.55. The number of hydrogen-bond donors (Lipinski definition) is 2. The van der Waals surface area contributed by atoms with Crippen LogP contribution in [0.15, 0.2) is 28.9 Å². The summed E-state index contributed by atoms with van der Waals surface area (Å²) in [4.78, 5) is 0. The van der Waals surface area contributed by atoms with Crippen molar-refractivity contribution in [3.05, 3.63) is 51.3 Å². The van der Waals surface area contributed by atoms with Gasteiger partial charge in [-0.05, 0) is 43.0 Å². The highest BCUT2D eigenvalue weighted by atomic mass is 79.9. The zero-order valence-corrected chi connectivity index (χ0v) is 11.9. The maximum Gasteiger partial charge on any atom is 0.0535 e. The molecule has 0 fully saturated rings. The third kappa shape index (κ3) is 2.22. The van der Waals surface area contributed by atoms with Crippen LogP contribution in [-0.4, -0.2) is 10.2 Å². The summed E-state index contributed by atoms with van der Waals surface area (Å²) in [5.41, 5.74) is 5.30. The van der Waals surface area contributed by atoms with Crippen LogP contribution in [0.3, 0.4) is 0 Å². The van der Waals surface area contributed by atoms with Crippen molar-refractivity contribution in [2.45, 2.75) is 32.4 Å². The van der Waals surface area contributed by atoms with E-state index >= 15 is 0 Å². The van der Waals surface area contributed by atoms with Gasteiger partial charge in [0.1, 0.15) is 0 Å². The van der Waals surface area contributed by atoms with E-state index in [1.54, 1.807) is 0 Å². The molecule has 1 aliphatic carbocycles. The van der Waals surface area contributed by atoms with Crippen LogP contribution in [-0.2, 0) is 13.0 Å². The summed E-state index contributed by atoms with van der Waals surface area (Å²) < 4.78 is 1.16. The lowest BCUT2D eigenvalue weighted by Crippen LogP contribution is -2.18. The lowest BCUT2D eigenvalue weighted by atomic mass is 10.1. The van der Waals surface area contributed by atoms with E-state index in [2.05, 4.69) is 56.6 Å². The molecule has 1 aliphatic rings. The Hall–Kier alpha value is -1.13. The van der Waals surface area contributed by atoms with Crippen molar-refractivity contribution in [3.63, 3.8) is 0 Å². The molecule has 2 N–H and O–H groups in total. The van der Waals surface area contributed by atoms with Crippen LogP contribution in [0.1, 0.15) is 34.8 Å². The number of nitrogens with one attached hydrogen (secondary N) is 2. The highest BCUT2D eigenvalue weighted by Gasteiger charge is 2.22. The Morgan fingerprint density at radius 1 is 1.50 bits per heavy atom. The molecule has 0 bridgehead atoms. The van der Waals surface area contributed by atoms with Crippen molar-refractivity contribution in [1.82, 2.24) is 15.5 Å². The van der Waals surface area contributed by atoms with E-state index in [4.69, 9.17) is 0 Å². The first-order chi connectivity index (χ1) is 8.74. The van der Waals surface area contributed by atoms with Crippen LogP contribution in [0.5, 0.6) is 0 Å². The van der Waals surface area contributed by atoms with Gasteiger partial charge in [-0.25, -0.2) is 0 Å². The summed E-state index contributed by atoms with van der Waals surface area (Å²) in [5, 5.41) is 10.7. The Labute approximate surface area is 115 Å². The van der Waals surface area contributed by atoms with Gasteiger partial charge in [-0.3, -0.25) is 5.10 Å². The Morgan fingerprint density at radius 2 is 2.39 bits per heavy atom. The third-order valence-corrected chi connectivity index (χ3v) is 4.15. The maximum atomic E-state index is 4.05. The molecule has 3 nitrogen and oxygen atoms in total. The largest absolute Gasteiger partial charge is 0.306 e. The molecule has 0 amide bonds. The number of nitrogens with zero attached hydrogens (tertiary/aromatic N) is 1. The van der Waals surface area contributed by atoms with Crippen molar-refractivity contribution in [2.24, 2.45) is 0 Å². The van der Waals surface area contributed by atoms with Crippen molar-refractivity contribution >= 4 is 15.9 Å². The lowest BCUT2D eigenvalue weighted by molar-refractivity contribution is 0.529. The molecule has 3 rings (SSSR count). The fraction of sp³-hybridized carbons (Fsp3) is 0.357. The van der Waals surface area contributed by atoms with Gasteiger partial charge in [0.15, 0.2) is 0 Å². The molecule has 1 aromatic heterocycles. The van der Waals surface area contributed by atoms with Gasteiger partial charge in [0.2, 0.25) is 0 Å². The van der Waals surface area contributed by atoms with E-state index in [0.717, 1.165) is 16.7 Å². The molecule has 4 heteroatoms.